The summed E-state index contributed by atoms with van der Waals surface area (Å²) in [4.78, 5) is 16.0. The van der Waals surface area contributed by atoms with Crippen molar-refractivity contribution in [1.29, 1.82) is 0 Å². The fourth-order valence-corrected chi connectivity index (χ4v) is 1.89. The zero-order chi connectivity index (χ0) is 12.1. The Bertz CT molecular complexity index is 371. The molecule has 0 unspecified atom stereocenters. The van der Waals surface area contributed by atoms with Gasteiger partial charge in [0, 0.05) is 26.3 Å². The predicted octanol–water partition coefficient (Wildman–Crippen LogP) is 1.25. The number of nitrogens with one attached hydrogen (secondary N) is 2. The third-order valence-electron chi connectivity index (χ3n) is 2.90. The van der Waals surface area contributed by atoms with E-state index in [1.807, 2.05) is 5.01 Å². The number of anilines is 1. The van der Waals surface area contributed by atoms with Gasteiger partial charge in [0.1, 0.15) is 5.82 Å². The van der Waals surface area contributed by atoms with Crippen LogP contribution in [0.4, 0.5) is 5.82 Å². The summed E-state index contributed by atoms with van der Waals surface area (Å²) in [6.07, 6.45) is 5.14. The van der Waals surface area contributed by atoms with Crippen LogP contribution in [0.25, 0.3) is 0 Å². The first-order valence-corrected chi connectivity index (χ1v) is 5.99. The summed E-state index contributed by atoms with van der Waals surface area (Å²) >= 11 is 0. The van der Waals surface area contributed by atoms with Crippen LogP contribution in [0, 0.1) is 0 Å². The number of hydrogen-bond acceptors (Lipinski definition) is 4. The average molecular weight is 234 g/mol. The van der Waals surface area contributed by atoms with Crippen molar-refractivity contribution in [2.45, 2.75) is 19.3 Å². The molecule has 0 atom stereocenters. The van der Waals surface area contributed by atoms with E-state index in [-0.39, 0.29) is 5.91 Å². The monoisotopic (exact) mass is 234 g/mol. The average Bonchev–Trinajstić information content (AvgIpc) is 2.40. The summed E-state index contributed by atoms with van der Waals surface area (Å²) in [5.74, 6) is 0.682. The molecular formula is C12H18N4O. The Morgan fingerprint density at radius 1 is 1.29 bits per heavy atom. The van der Waals surface area contributed by atoms with Crippen molar-refractivity contribution in [2.24, 2.45) is 0 Å². The molecule has 0 aliphatic carbocycles. The van der Waals surface area contributed by atoms with Crippen molar-refractivity contribution in [3.05, 3.63) is 23.9 Å². The Balaban J connectivity index is 1.93. The van der Waals surface area contributed by atoms with Gasteiger partial charge in [-0.1, -0.05) is 6.42 Å². The van der Waals surface area contributed by atoms with Crippen molar-refractivity contribution >= 4 is 11.7 Å². The SMILES string of the molecule is CNc1ccc(C(=O)NN2CCCCC2)cn1. The van der Waals surface area contributed by atoms with E-state index >= 15 is 0 Å². The van der Waals surface area contributed by atoms with Gasteiger partial charge < -0.3 is 5.32 Å². The van der Waals surface area contributed by atoms with Crippen LogP contribution < -0.4 is 10.7 Å². The van der Waals surface area contributed by atoms with Crippen LogP contribution in [0.2, 0.25) is 0 Å². The number of carbonyl (C=O) groups excluding carboxylic acids is 1. The maximum absolute atomic E-state index is 11.9. The summed E-state index contributed by atoms with van der Waals surface area (Å²) in [6, 6.07) is 3.57. The smallest absolute Gasteiger partial charge is 0.267 e. The van der Waals surface area contributed by atoms with Gasteiger partial charge in [-0.2, -0.15) is 0 Å². The van der Waals surface area contributed by atoms with Gasteiger partial charge in [-0.3, -0.25) is 10.2 Å². The highest BCUT2D eigenvalue weighted by Gasteiger charge is 2.13. The molecule has 1 saturated heterocycles. The van der Waals surface area contributed by atoms with Crippen LogP contribution in [0.3, 0.4) is 0 Å². The van der Waals surface area contributed by atoms with E-state index in [0.717, 1.165) is 31.7 Å². The summed E-state index contributed by atoms with van der Waals surface area (Å²) in [5, 5.41) is 4.91. The maximum Gasteiger partial charge on any atom is 0.267 e. The molecule has 0 spiro atoms. The number of piperidine rings is 1. The second-order valence-electron chi connectivity index (χ2n) is 4.17. The number of pyridine rings is 1. The largest absolute Gasteiger partial charge is 0.373 e. The normalized spacial score (nSPS) is 16.5. The zero-order valence-corrected chi connectivity index (χ0v) is 10.1. The Labute approximate surface area is 101 Å². The summed E-state index contributed by atoms with van der Waals surface area (Å²) in [6.45, 7) is 1.88. The third kappa shape index (κ3) is 3.17. The summed E-state index contributed by atoms with van der Waals surface area (Å²) in [7, 11) is 1.80. The first-order valence-electron chi connectivity index (χ1n) is 5.99. The van der Waals surface area contributed by atoms with E-state index in [1.165, 1.54) is 6.42 Å². The molecule has 1 fully saturated rings. The molecule has 1 aliphatic rings. The molecule has 0 bridgehead atoms. The van der Waals surface area contributed by atoms with E-state index in [9.17, 15) is 4.79 Å². The lowest BCUT2D eigenvalue weighted by Crippen LogP contribution is -2.45. The maximum atomic E-state index is 11.9. The second kappa shape index (κ2) is 5.63. The molecule has 5 heteroatoms. The quantitative estimate of drug-likeness (QED) is 0.826. The van der Waals surface area contributed by atoms with Crippen molar-refractivity contribution in [3.8, 4) is 0 Å². The van der Waals surface area contributed by atoms with Crippen LogP contribution in [0.1, 0.15) is 29.6 Å². The molecule has 2 heterocycles. The van der Waals surface area contributed by atoms with Crippen LogP contribution in [-0.4, -0.2) is 36.0 Å². The lowest BCUT2D eigenvalue weighted by Gasteiger charge is -2.26. The van der Waals surface area contributed by atoms with Gasteiger partial charge >= 0.3 is 0 Å². The van der Waals surface area contributed by atoms with Gasteiger partial charge in [-0.05, 0) is 25.0 Å². The number of aromatic nitrogens is 1. The van der Waals surface area contributed by atoms with Gasteiger partial charge in [0.05, 0.1) is 5.56 Å². The number of amides is 1. The Kier molecular flexibility index (Phi) is 3.93. The van der Waals surface area contributed by atoms with E-state index in [1.54, 1.807) is 25.4 Å². The highest BCUT2D eigenvalue weighted by molar-refractivity contribution is 5.93. The highest BCUT2D eigenvalue weighted by Crippen LogP contribution is 2.08. The van der Waals surface area contributed by atoms with Crippen molar-refractivity contribution in [2.75, 3.05) is 25.5 Å². The van der Waals surface area contributed by atoms with E-state index in [0.29, 0.717) is 5.56 Å². The molecule has 1 amide bonds. The molecule has 0 aromatic carbocycles. The molecule has 92 valence electrons. The van der Waals surface area contributed by atoms with Crippen LogP contribution in [-0.2, 0) is 0 Å². The minimum atomic E-state index is -0.0814. The number of rotatable bonds is 3. The molecule has 1 aromatic rings. The van der Waals surface area contributed by atoms with Crippen LogP contribution in [0.5, 0.6) is 0 Å². The first-order chi connectivity index (χ1) is 8.29. The Morgan fingerprint density at radius 3 is 2.65 bits per heavy atom. The summed E-state index contributed by atoms with van der Waals surface area (Å²) in [5.41, 5.74) is 3.50. The molecule has 5 nitrogen and oxygen atoms in total. The lowest BCUT2D eigenvalue weighted by molar-refractivity contribution is 0.0749. The van der Waals surface area contributed by atoms with Crippen LogP contribution in [0.15, 0.2) is 18.3 Å². The lowest BCUT2D eigenvalue weighted by atomic mass is 10.2. The van der Waals surface area contributed by atoms with Gasteiger partial charge in [-0.25, -0.2) is 9.99 Å². The van der Waals surface area contributed by atoms with Crippen molar-refractivity contribution in [1.82, 2.24) is 15.4 Å². The Morgan fingerprint density at radius 2 is 2.06 bits per heavy atom. The molecule has 0 radical (unpaired) electrons. The van der Waals surface area contributed by atoms with Crippen LogP contribution >= 0.6 is 0 Å². The molecule has 17 heavy (non-hydrogen) atoms. The zero-order valence-electron chi connectivity index (χ0n) is 10.1. The van der Waals surface area contributed by atoms with Crippen molar-refractivity contribution in [3.63, 3.8) is 0 Å². The van der Waals surface area contributed by atoms with Crippen molar-refractivity contribution < 1.29 is 4.79 Å². The standard InChI is InChI=1S/C12H18N4O/c1-13-11-6-5-10(9-14-11)12(17)15-16-7-3-2-4-8-16/h5-6,9H,2-4,7-8H2,1H3,(H,13,14)(H,15,17). The fourth-order valence-electron chi connectivity index (χ4n) is 1.89. The highest BCUT2D eigenvalue weighted by atomic mass is 16.2. The minimum Gasteiger partial charge on any atom is -0.373 e. The van der Waals surface area contributed by atoms with E-state index in [4.69, 9.17) is 0 Å². The van der Waals surface area contributed by atoms with Gasteiger partial charge in [-0.15, -0.1) is 0 Å². The molecule has 1 aliphatic heterocycles. The van der Waals surface area contributed by atoms with E-state index < -0.39 is 0 Å². The molecule has 2 N–H and O–H groups in total. The summed E-state index contributed by atoms with van der Waals surface area (Å²) < 4.78 is 0. The molecule has 1 aromatic heterocycles. The molecule has 0 saturated carbocycles. The number of hydrazine groups is 1. The van der Waals surface area contributed by atoms with Gasteiger partial charge in [0.15, 0.2) is 0 Å². The predicted molar refractivity (Wildman–Crippen MR) is 66.7 cm³/mol. The third-order valence-corrected chi connectivity index (χ3v) is 2.90. The minimum absolute atomic E-state index is 0.0814. The number of hydrogen-bond donors (Lipinski definition) is 2. The van der Waals surface area contributed by atoms with E-state index in [2.05, 4.69) is 15.7 Å². The number of carbonyl (C=O) groups is 1. The second-order valence-corrected chi connectivity index (χ2v) is 4.17. The van der Waals surface area contributed by atoms with Gasteiger partial charge in [0.25, 0.3) is 5.91 Å². The fraction of sp³-hybridized carbons (Fsp3) is 0.500. The topological polar surface area (TPSA) is 57.3 Å². The Hall–Kier alpha value is -1.62. The molecule has 2 rings (SSSR count). The van der Waals surface area contributed by atoms with Gasteiger partial charge in [0.2, 0.25) is 0 Å². The molecular weight excluding hydrogens is 216 g/mol. The first kappa shape index (κ1) is 11.9. The number of nitrogens with zero attached hydrogens (tertiary/aromatic N) is 2.